The predicted octanol–water partition coefficient (Wildman–Crippen LogP) is 0.474. The van der Waals surface area contributed by atoms with Crippen LogP contribution in [0.5, 0.6) is 0 Å². The van der Waals surface area contributed by atoms with Crippen LogP contribution in [0.2, 0.25) is 0 Å². The molecule has 0 aromatic carbocycles. The fourth-order valence-electron chi connectivity index (χ4n) is 1.30. The molecule has 0 saturated carbocycles. The van der Waals surface area contributed by atoms with Crippen LogP contribution in [0.15, 0.2) is 0 Å². The first-order valence-electron chi connectivity index (χ1n) is 4.18. The van der Waals surface area contributed by atoms with Crippen molar-refractivity contribution < 1.29 is 19.2 Å². The SMILES string of the molecule is CC[N+](CC)(CC)C(=O)C(=O)O. The number of carboxylic acids is 1. The molecule has 0 aromatic heterocycles. The van der Waals surface area contributed by atoms with E-state index in [1.165, 1.54) is 0 Å². The van der Waals surface area contributed by atoms with Crippen LogP contribution in [0.25, 0.3) is 0 Å². The minimum absolute atomic E-state index is 0.0370. The molecule has 1 amide bonds. The second-order valence-electron chi connectivity index (χ2n) is 2.70. The summed E-state index contributed by atoms with van der Waals surface area (Å²) < 4.78 is 0.0370. The van der Waals surface area contributed by atoms with Crippen molar-refractivity contribution in [3.63, 3.8) is 0 Å². The molecule has 0 spiro atoms. The largest absolute Gasteiger partial charge is 0.471 e. The zero-order chi connectivity index (χ0) is 9.78. The smallest absolute Gasteiger partial charge is 0.434 e. The Kier molecular flexibility index (Phi) is 3.89. The van der Waals surface area contributed by atoms with Gasteiger partial charge in [-0.2, -0.15) is 0 Å². The second kappa shape index (κ2) is 4.21. The van der Waals surface area contributed by atoms with E-state index in [1.54, 1.807) is 0 Å². The van der Waals surface area contributed by atoms with Crippen LogP contribution in [0.4, 0.5) is 0 Å². The first kappa shape index (κ1) is 11.1. The summed E-state index contributed by atoms with van der Waals surface area (Å²) in [5, 5.41) is 8.55. The fourth-order valence-corrected chi connectivity index (χ4v) is 1.30. The van der Waals surface area contributed by atoms with E-state index in [0.717, 1.165) is 0 Å². The molecule has 0 aliphatic rings. The third-order valence-corrected chi connectivity index (χ3v) is 2.43. The number of amides is 1. The molecule has 0 rings (SSSR count). The summed E-state index contributed by atoms with van der Waals surface area (Å²) in [6.45, 7) is 7.10. The molecule has 0 bridgehead atoms. The van der Waals surface area contributed by atoms with Gasteiger partial charge in [0, 0.05) is 0 Å². The summed E-state index contributed by atoms with van der Waals surface area (Å²) in [4.78, 5) is 21.7. The van der Waals surface area contributed by atoms with E-state index in [9.17, 15) is 9.59 Å². The molecule has 0 heterocycles. The minimum atomic E-state index is -1.33. The second-order valence-corrected chi connectivity index (χ2v) is 2.70. The van der Waals surface area contributed by atoms with Crippen molar-refractivity contribution in [3.8, 4) is 0 Å². The zero-order valence-electron chi connectivity index (χ0n) is 7.83. The quantitative estimate of drug-likeness (QED) is 0.500. The number of quaternary nitrogens is 1. The van der Waals surface area contributed by atoms with Crippen LogP contribution in [0.1, 0.15) is 20.8 Å². The summed E-state index contributed by atoms with van der Waals surface area (Å²) in [7, 11) is 0. The Balaban J connectivity index is 4.71. The van der Waals surface area contributed by atoms with Gasteiger partial charge in [-0.15, -0.1) is 0 Å². The molecule has 4 nitrogen and oxygen atoms in total. The molecular weight excluding hydrogens is 158 g/mol. The van der Waals surface area contributed by atoms with Crippen molar-refractivity contribution >= 4 is 11.9 Å². The highest BCUT2D eigenvalue weighted by atomic mass is 16.4. The first-order valence-corrected chi connectivity index (χ1v) is 4.18. The van der Waals surface area contributed by atoms with Crippen molar-refractivity contribution in [1.82, 2.24) is 0 Å². The average molecular weight is 174 g/mol. The minimum Gasteiger partial charge on any atom is -0.471 e. The lowest BCUT2D eigenvalue weighted by Gasteiger charge is -2.30. The summed E-state index contributed by atoms with van der Waals surface area (Å²) in [6.07, 6.45) is 0. The third kappa shape index (κ3) is 1.82. The number of likely N-dealkylation sites (N-methyl/N-ethyl adjacent to an activating group) is 1. The Morgan fingerprint density at radius 1 is 1.08 bits per heavy atom. The van der Waals surface area contributed by atoms with Gasteiger partial charge in [0.1, 0.15) is 0 Å². The number of carbonyl (C=O) groups is 2. The lowest BCUT2D eigenvalue weighted by Crippen LogP contribution is -2.55. The van der Waals surface area contributed by atoms with Gasteiger partial charge in [0.05, 0.1) is 19.6 Å². The monoisotopic (exact) mass is 174 g/mol. The predicted molar refractivity (Wildman–Crippen MR) is 44.5 cm³/mol. The number of carbonyl (C=O) groups excluding carboxylic acids is 1. The number of rotatable bonds is 3. The van der Waals surface area contributed by atoms with Crippen LogP contribution in [-0.2, 0) is 9.59 Å². The number of hydrogen-bond donors (Lipinski definition) is 1. The van der Waals surface area contributed by atoms with E-state index in [2.05, 4.69) is 0 Å². The van der Waals surface area contributed by atoms with Gasteiger partial charge in [-0.3, -0.25) is 4.48 Å². The van der Waals surface area contributed by atoms with Gasteiger partial charge < -0.3 is 5.11 Å². The molecule has 0 fully saturated rings. The van der Waals surface area contributed by atoms with Crippen molar-refractivity contribution in [2.75, 3.05) is 19.6 Å². The fraction of sp³-hybridized carbons (Fsp3) is 0.750. The van der Waals surface area contributed by atoms with Gasteiger partial charge in [0.15, 0.2) is 0 Å². The van der Waals surface area contributed by atoms with Crippen LogP contribution in [0, 0.1) is 0 Å². The highest BCUT2D eigenvalue weighted by Gasteiger charge is 2.36. The van der Waals surface area contributed by atoms with Gasteiger partial charge in [-0.05, 0) is 20.8 Å². The van der Waals surface area contributed by atoms with Crippen molar-refractivity contribution in [1.29, 1.82) is 0 Å². The van der Waals surface area contributed by atoms with E-state index in [0.29, 0.717) is 19.6 Å². The van der Waals surface area contributed by atoms with Crippen molar-refractivity contribution in [2.45, 2.75) is 20.8 Å². The Hall–Kier alpha value is -0.900. The topological polar surface area (TPSA) is 54.4 Å². The first-order chi connectivity index (χ1) is 5.54. The summed E-state index contributed by atoms with van der Waals surface area (Å²) in [5.74, 6) is -2.04. The van der Waals surface area contributed by atoms with Gasteiger partial charge in [0.2, 0.25) is 0 Å². The van der Waals surface area contributed by atoms with Crippen LogP contribution >= 0.6 is 0 Å². The molecule has 1 N–H and O–H groups in total. The molecule has 0 radical (unpaired) electrons. The summed E-state index contributed by atoms with van der Waals surface area (Å²) >= 11 is 0. The van der Waals surface area contributed by atoms with Gasteiger partial charge in [0.25, 0.3) is 0 Å². The molecule has 4 heteroatoms. The average Bonchev–Trinajstić information content (AvgIpc) is 2.08. The Bertz CT molecular complexity index is 176. The lowest BCUT2D eigenvalue weighted by molar-refractivity contribution is -0.846. The van der Waals surface area contributed by atoms with Gasteiger partial charge >= 0.3 is 11.9 Å². The molecule has 0 unspecified atom stereocenters. The Morgan fingerprint density at radius 2 is 1.42 bits per heavy atom. The van der Waals surface area contributed by atoms with Gasteiger partial charge in [-0.1, -0.05) is 0 Å². The molecule has 0 aliphatic heterocycles. The molecule has 0 aliphatic carbocycles. The lowest BCUT2D eigenvalue weighted by atomic mass is 10.3. The maximum Gasteiger partial charge on any atom is 0.434 e. The van der Waals surface area contributed by atoms with Crippen LogP contribution in [0.3, 0.4) is 0 Å². The molecule has 0 atom stereocenters. The third-order valence-electron chi connectivity index (χ3n) is 2.43. The molecule has 70 valence electrons. The highest BCUT2D eigenvalue weighted by molar-refractivity contribution is 6.28. The maximum atomic E-state index is 11.2. The summed E-state index contributed by atoms with van der Waals surface area (Å²) in [5.41, 5.74) is 0. The Labute approximate surface area is 72.4 Å². The van der Waals surface area contributed by atoms with Crippen molar-refractivity contribution in [3.05, 3.63) is 0 Å². The number of nitrogens with zero attached hydrogens (tertiary/aromatic N) is 1. The van der Waals surface area contributed by atoms with E-state index in [-0.39, 0.29) is 4.48 Å². The normalized spacial score (nSPS) is 11.2. The van der Waals surface area contributed by atoms with Crippen molar-refractivity contribution in [2.24, 2.45) is 0 Å². The molecular formula is C8H16NO3+. The number of carboxylic acid groups (broad SMARTS) is 1. The highest BCUT2D eigenvalue weighted by Crippen LogP contribution is 2.06. The standard InChI is InChI=1S/C8H15NO3/c1-4-9(5-2,6-3)7(10)8(11)12/h4-6H2,1-3H3/p+1. The van der Waals surface area contributed by atoms with Gasteiger partial charge in [-0.25, -0.2) is 9.59 Å². The van der Waals surface area contributed by atoms with E-state index in [1.807, 2.05) is 20.8 Å². The van der Waals surface area contributed by atoms with Crippen LogP contribution in [-0.4, -0.2) is 41.1 Å². The molecule has 12 heavy (non-hydrogen) atoms. The Morgan fingerprint density at radius 3 is 1.50 bits per heavy atom. The molecule has 0 aromatic rings. The number of hydrogen-bond acceptors (Lipinski definition) is 2. The molecule has 0 saturated heterocycles. The van der Waals surface area contributed by atoms with E-state index >= 15 is 0 Å². The maximum absolute atomic E-state index is 11.2. The number of aliphatic carboxylic acids is 1. The van der Waals surface area contributed by atoms with Crippen LogP contribution < -0.4 is 0 Å². The zero-order valence-corrected chi connectivity index (χ0v) is 7.83. The van der Waals surface area contributed by atoms with E-state index < -0.39 is 11.9 Å². The van der Waals surface area contributed by atoms with E-state index in [4.69, 9.17) is 5.11 Å². The summed E-state index contributed by atoms with van der Waals surface area (Å²) in [6, 6.07) is 0.